The quantitative estimate of drug-likeness (QED) is 0.123. The van der Waals surface area contributed by atoms with Crippen molar-refractivity contribution >= 4 is 29.8 Å². The highest BCUT2D eigenvalue weighted by Gasteiger charge is 2.49. The molecule has 0 aliphatic carbocycles. The zero-order valence-corrected chi connectivity index (χ0v) is 20.8. The van der Waals surface area contributed by atoms with Gasteiger partial charge in [0.2, 0.25) is 17.7 Å². The van der Waals surface area contributed by atoms with Crippen LogP contribution in [0.25, 0.3) is 0 Å². The molecule has 0 aromatic heterocycles. The first-order valence-corrected chi connectivity index (χ1v) is 12.3. The first-order valence-electron chi connectivity index (χ1n) is 12.3. The van der Waals surface area contributed by atoms with E-state index in [2.05, 4.69) is 31.6 Å². The van der Waals surface area contributed by atoms with Crippen LogP contribution in [0.2, 0.25) is 0 Å². The van der Waals surface area contributed by atoms with Crippen LogP contribution >= 0.6 is 0 Å². The Labute approximate surface area is 218 Å². The number of hydrogen-bond acceptors (Lipinski definition) is 11. The molecule has 9 atom stereocenters. The van der Waals surface area contributed by atoms with E-state index in [4.69, 9.17) is 20.9 Å². The van der Waals surface area contributed by atoms with Crippen LogP contribution in [-0.4, -0.2) is 120 Å². The molecule has 4 amide bonds. The molecule has 3 aliphatic rings. The van der Waals surface area contributed by atoms with Crippen molar-refractivity contribution in [1.82, 2.24) is 26.6 Å². The Morgan fingerprint density at radius 3 is 2.63 bits per heavy atom. The van der Waals surface area contributed by atoms with E-state index in [1.165, 1.54) is 6.92 Å². The maximum absolute atomic E-state index is 13.0. The Balaban J connectivity index is 1.82. The Morgan fingerprint density at radius 1 is 1.29 bits per heavy atom. The van der Waals surface area contributed by atoms with Crippen LogP contribution in [0, 0.1) is 0 Å². The SMILES string of the molecule is CC(=O)NC(CCCN)CC(=O)N[C@@H]1[C@H](O)[C@@H](OC(N)=O)[C@@H](CO)O[C@H]1/N=C1/NC2C(=O)NCC(O)C2N1. The number of aliphatic hydroxyl groups excluding tert-OH is 3. The minimum absolute atomic E-state index is 0.0393. The molecule has 3 fully saturated rings. The van der Waals surface area contributed by atoms with Crippen molar-refractivity contribution in [3.05, 3.63) is 0 Å². The first kappa shape index (κ1) is 29.3. The molecule has 3 saturated heterocycles. The molecule has 3 aliphatic heterocycles. The van der Waals surface area contributed by atoms with Crippen LogP contribution < -0.4 is 38.1 Å². The van der Waals surface area contributed by atoms with Crippen molar-refractivity contribution in [1.29, 1.82) is 0 Å². The van der Waals surface area contributed by atoms with E-state index in [1.807, 2.05) is 0 Å². The van der Waals surface area contributed by atoms with Crippen molar-refractivity contribution in [3.63, 3.8) is 0 Å². The molecule has 17 heteroatoms. The number of piperidine rings is 1. The summed E-state index contributed by atoms with van der Waals surface area (Å²) >= 11 is 0. The van der Waals surface area contributed by atoms with Gasteiger partial charge in [-0.05, 0) is 19.4 Å². The monoisotopic (exact) mass is 544 g/mol. The van der Waals surface area contributed by atoms with Crippen molar-refractivity contribution in [2.24, 2.45) is 16.5 Å². The maximum Gasteiger partial charge on any atom is 0.404 e. The van der Waals surface area contributed by atoms with Crippen LogP contribution in [0.3, 0.4) is 0 Å². The molecule has 0 saturated carbocycles. The average Bonchev–Trinajstić information content (AvgIpc) is 3.28. The van der Waals surface area contributed by atoms with E-state index >= 15 is 0 Å². The van der Waals surface area contributed by atoms with Crippen LogP contribution in [0.5, 0.6) is 0 Å². The number of fused-ring (bicyclic) bond motifs is 1. The standard InChI is InChI=1S/C21H36N8O9/c1-8(31)25-9(3-2-4-22)5-12(33)26-15-16(34)17(38-20(23)36)11(7-30)37-19(15)29-21-27-13-10(32)6-24-18(35)14(13)28-21/h9-11,13-17,19,30,32,34H,2-7,22H2,1H3,(H2,23,36)(H,24,35)(H,25,31)(H,26,33)(H2,27,28,29)/t9?,10?,11-,13?,14?,15-,16+,17+,19-/m1/s1. The highest BCUT2D eigenvalue weighted by atomic mass is 16.6. The number of nitrogens with zero attached hydrogens (tertiary/aromatic N) is 1. The van der Waals surface area contributed by atoms with E-state index in [0.717, 1.165) is 0 Å². The molecule has 0 aromatic rings. The van der Waals surface area contributed by atoms with E-state index in [1.54, 1.807) is 0 Å². The summed E-state index contributed by atoms with van der Waals surface area (Å²) in [6.45, 7) is 1.02. The second-order valence-corrected chi connectivity index (χ2v) is 9.35. The van der Waals surface area contributed by atoms with E-state index in [9.17, 15) is 34.5 Å². The number of aliphatic imine (C=N–C) groups is 1. The Bertz CT molecular complexity index is 921. The van der Waals surface area contributed by atoms with Gasteiger partial charge >= 0.3 is 6.09 Å². The number of amides is 4. The molecule has 17 nitrogen and oxygen atoms in total. The summed E-state index contributed by atoms with van der Waals surface area (Å²) in [4.78, 5) is 52.5. The molecule has 214 valence electrons. The summed E-state index contributed by atoms with van der Waals surface area (Å²) in [6, 6.07) is -3.37. The molecule has 0 spiro atoms. The minimum Gasteiger partial charge on any atom is -0.441 e. The second kappa shape index (κ2) is 13.0. The van der Waals surface area contributed by atoms with Gasteiger partial charge in [-0.25, -0.2) is 9.79 Å². The van der Waals surface area contributed by atoms with Crippen LogP contribution in [0.15, 0.2) is 4.99 Å². The van der Waals surface area contributed by atoms with Gasteiger partial charge in [-0.15, -0.1) is 0 Å². The number of aliphatic hydroxyl groups is 3. The van der Waals surface area contributed by atoms with Gasteiger partial charge < -0.3 is 62.8 Å². The summed E-state index contributed by atoms with van der Waals surface area (Å²) < 4.78 is 10.7. The first-order chi connectivity index (χ1) is 18.0. The fourth-order valence-electron chi connectivity index (χ4n) is 4.68. The number of primary amides is 1. The number of carbonyl (C=O) groups is 4. The zero-order valence-electron chi connectivity index (χ0n) is 20.8. The Morgan fingerprint density at radius 2 is 2.03 bits per heavy atom. The number of hydrogen-bond donors (Lipinski definition) is 10. The molecule has 38 heavy (non-hydrogen) atoms. The third-order valence-electron chi connectivity index (χ3n) is 6.44. The molecule has 3 heterocycles. The van der Waals surface area contributed by atoms with Crippen molar-refractivity contribution in [2.45, 2.75) is 81.0 Å². The van der Waals surface area contributed by atoms with Gasteiger partial charge in [-0.1, -0.05) is 0 Å². The smallest absolute Gasteiger partial charge is 0.404 e. The number of nitrogens with one attached hydrogen (secondary N) is 5. The normalized spacial score (nSPS) is 34.2. The average molecular weight is 545 g/mol. The van der Waals surface area contributed by atoms with E-state index in [-0.39, 0.29) is 30.7 Å². The number of nitrogens with two attached hydrogens (primary N) is 2. The van der Waals surface area contributed by atoms with Crippen LogP contribution in [0.1, 0.15) is 26.2 Å². The van der Waals surface area contributed by atoms with Gasteiger partial charge in [-0.3, -0.25) is 14.4 Å². The molecular weight excluding hydrogens is 508 g/mol. The maximum atomic E-state index is 13.0. The number of carbonyl (C=O) groups excluding carboxylic acids is 4. The molecule has 3 rings (SSSR count). The van der Waals surface area contributed by atoms with Gasteiger partial charge in [0, 0.05) is 25.9 Å². The third-order valence-corrected chi connectivity index (χ3v) is 6.44. The summed E-state index contributed by atoms with van der Waals surface area (Å²) in [5, 5.41) is 44.6. The lowest BCUT2D eigenvalue weighted by Crippen LogP contribution is -2.65. The number of β-amino-alcohol motifs (C(OH)–C–C–N with tert-alkyl or cyclic N) is 1. The largest absolute Gasteiger partial charge is 0.441 e. The van der Waals surface area contributed by atoms with Gasteiger partial charge in [0.1, 0.15) is 24.3 Å². The van der Waals surface area contributed by atoms with Gasteiger partial charge in [0.15, 0.2) is 18.3 Å². The number of guanidine groups is 1. The molecule has 4 unspecified atom stereocenters. The van der Waals surface area contributed by atoms with Crippen LogP contribution in [-0.2, 0) is 23.9 Å². The Hall–Kier alpha value is -3.25. The van der Waals surface area contributed by atoms with Gasteiger partial charge in [0.05, 0.1) is 18.8 Å². The van der Waals surface area contributed by atoms with E-state index in [0.29, 0.717) is 19.4 Å². The van der Waals surface area contributed by atoms with Crippen molar-refractivity contribution in [2.75, 3.05) is 19.7 Å². The van der Waals surface area contributed by atoms with Crippen LogP contribution in [0.4, 0.5) is 4.79 Å². The zero-order chi connectivity index (χ0) is 28.0. The lowest BCUT2D eigenvalue weighted by Gasteiger charge is -2.42. The van der Waals surface area contributed by atoms with Gasteiger partial charge in [0.25, 0.3) is 0 Å². The van der Waals surface area contributed by atoms with Crippen molar-refractivity contribution < 1.29 is 44.0 Å². The summed E-state index contributed by atoms with van der Waals surface area (Å²) in [5.74, 6) is -1.25. The third kappa shape index (κ3) is 7.19. The predicted octanol–water partition coefficient (Wildman–Crippen LogP) is -5.58. The molecule has 12 N–H and O–H groups in total. The van der Waals surface area contributed by atoms with Gasteiger partial charge in [-0.2, -0.15) is 0 Å². The minimum atomic E-state index is -1.62. The Kier molecular flexibility index (Phi) is 10.0. The predicted molar refractivity (Wildman–Crippen MR) is 129 cm³/mol. The number of ether oxygens (including phenoxy) is 2. The molecule has 0 aromatic carbocycles. The summed E-state index contributed by atoms with van der Waals surface area (Å²) in [7, 11) is 0. The fraction of sp³-hybridized carbons (Fsp3) is 0.762. The molecule has 0 bridgehead atoms. The highest BCUT2D eigenvalue weighted by molar-refractivity contribution is 5.94. The molecule has 0 radical (unpaired) electrons. The van der Waals surface area contributed by atoms with Crippen molar-refractivity contribution in [3.8, 4) is 0 Å². The number of rotatable bonds is 10. The molecular formula is C21H36N8O9. The fourth-order valence-corrected chi connectivity index (χ4v) is 4.68. The highest BCUT2D eigenvalue weighted by Crippen LogP contribution is 2.25. The summed E-state index contributed by atoms with van der Waals surface area (Å²) in [5.41, 5.74) is 10.7. The summed E-state index contributed by atoms with van der Waals surface area (Å²) in [6.07, 6.45) is -6.98. The lowest BCUT2D eigenvalue weighted by molar-refractivity contribution is -0.192. The lowest BCUT2D eigenvalue weighted by atomic mass is 9.95. The van der Waals surface area contributed by atoms with E-state index < -0.39 is 73.4 Å². The topological polar surface area (TPSA) is 272 Å². The second-order valence-electron chi connectivity index (χ2n) is 9.35.